The van der Waals surface area contributed by atoms with Crippen molar-refractivity contribution in [2.75, 3.05) is 32.7 Å². The van der Waals surface area contributed by atoms with E-state index in [0.29, 0.717) is 32.0 Å². The second kappa shape index (κ2) is 27.9. The number of alkyl halides is 1. The summed E-state index contributed by atoms with van der Waals surface area (Å²) in [4.78, 5) is 47.7. The number of aromatic nitrogens is 6. The number of nitrogens with zero attached hydrogens (tertiary/aromatic N) is 6. The zero-order chi connectivity index (χ0) is 52.4. The molecule has 3 unspecified atom stereocenters. The molecule has 4 aromatic carbocycles. The number of ketones is 1. The van der Waals surface area contributed by atoms with Crippen molar-refractivity contribution >= 4 is 47.1 Å². The molecule has 0 saturated carbocycles. The molecule has 4 aliphatic rings. The SMILES string of the molecule is C.CCl.NC1(CO)CCc2cccc(Br)c2C1.O=C(CNC1(CO)CCc2cccc(-c3cncnc3)c2C1)c1ccccc1.O=C1NC2(CCc3cccc(-c4cncnc4)c3C2)CO1.O[B]Oc1cncnc1. The highest BCUT2D eigenvalue weighted by molar-refractivity contribution is 9.10. The van der Waals surface area contributed by atoms with Gasteiger partial charge in [0.15, 0.2) is 5.78 Å². The van der Waals surface area contributed by atoms with Gasteiger partial charge < -0.3 is 41.0 Å². The summed E-state index contributed by atoms with van der Waals surface area (Å²) < 4.78 is 10.8. The third-order valence-electron chi connectivity index (χ3n) is 13.6. The van der Waals surface area contributed by atoms with Crippen LogP contribution < -0.4 is 21.0 Å². The lowest BCUT2D eigenvalue weighted by Crippen LogP contribution is -2.54. The average Bonchev–Trinajstić information content (AvgIpc) is 3.82. The van der Waals surface area contributed by atoms with Crippen LogP contribution in [-0.2, 0) is 43.3 Å². The molecule has 1 radical (unpaired) electrons. The number of fused-ring (bicyclic) bond motifs is 3. The van der Waals surface area contributed by atoms with E-state index in [2.05, 4.69) is 115 Å². The molecule has 7 aromatic rings. The molecule has 3 aliphatic carbocycles. The maximum absolute atomic E-state index is 12.5. The van der Waals surface area contributed by atoms with E-state index in [-0.39, 0.29) is 44.6 Å². The largest absolute Gasteiger partial charge is 0.569 e. The van der Waals surface area contributed by atoms with Crippen LogP contribution in [0.1, 0.15) is 70.4 Å². The highest BCUT2D eigenvalue weighted by Crippen LogP contribution is 2.38. The molecule has 4 heterocycles. The number of amides is 1. The molecule has 391 valence electrons. The van der Waals surface area contributed by atoms with Crippen LogP contribution in [0.4, 0.5) is 4.79 Å². The van der Waals surface area contributed by atoms with Crippen LogP contribution in [0.25, 0.3) is 22.3 Å². The third-order valence-corrected chi connectivity index (χ3v) is 14.4. The fourth-order valence-corrected chi connectivity index (χ4v) is 10.2. The fourth-order valence-electron chi connectivity index (χ4n) is 9.63. The molecule has 3 aromatic heterocycles. The summed E-state index contributed by atoms with van der Waals surface area (Å²) in [5.41, 5.74) is 17.5. The zero-order valence-corrected chi connectivity index (χ0v) is 43.4. The number of rotatable bonds is 10. The van der Waals surface area contributed by atoms with Gasteiger partial charge in [0.25, 0.3) is 0 Å². The molecule has 1 saturated heterocycles. The number of carbonyl (C=O) groups excluding carboxylic acids is 2. The topological polar surface area (TPSA) is 241 Å². The number of halogens is 2. The molecule has 0 bridgehead atoms. The van der Waals surface area contributed by atoms with E-state index in [1.165, 1.54) is 71.1 Å². The van der Waals surface area contributed by atoms with Gasteiger partial charge in [0.2, 0.25) is 0 Å². The highest BCUT2D eigenvalue weighted by Gasteiger charge is 2.43. The molecule has 16 nitrogen and oxygen atoms in total. The number of aliphatic hydroxyl groups excluding tert-OH is 2. The summed E-state index contributed by atoms with van der Waals surface area (Å²) in [6, 6.07) is 28.1. The van der Waals surface area contributed by atoms with Gasteiger partial charge in [0.05, 0.1) is 37.7 Å². The second-order valence-electron chi connectivity index (χ2n) is 18.4. The number of carbonyl (C=O) groups is 2. The highest BCUT2D eigenvalue weighted by atomic mass is 79.9. The monoisotopic (exact) mass is 1100 g/mol. The molecule has 3 atom stereocenters. The summed E-state index contributed by atoms with van der Waals surface area (Å²) in [5.74, 6) is 0.448. The average molecular weight is 1100 g/mol. The summed E-state index contributed by atoms with van der Waals surface area (Å²) in [6.45, 7) is 0.698. The number of nitrogens with two attached hydrogens (primary N) is 1. The molecule has 1 spiro atoms. The Kier molecular flexibility index (Phi) is 21.5. The number of aliphatic hydroxyl groups is 2. The van der Waals surface area contributed by atoms with Gasteiger partial charge in [0, 0.05) is 63.4 Å². The van der Waals surface area contributed by atoms with Crippen molar-refractivity contribution in [1.82, 2.24) is 40.5 Å². The first-order valence-corrected chi connectivity index (χ1v) is 25.6. The Morgan fingerprint density at radius 3 is 1.80 bits per heavy atom. The predicted molar refractivity (Wildman–Crippen MR) is 294 cm³/mol. The number of benzene rings is 4. The second-order valence-corrected chi connectivity index (χ2v) is 19.3. The van der Waals surface area contributed by atoms with E-state index in [4.69, 9.17) is 15.5 Å². The van der Waals surface area contributed by atoms with Crippen molar-refractivity contribution in [3.63, 3.8) is 0 Å². The smallest absolute Gasteiger partial charge is 0.535 e. The number of Topliss-reactive ketones (excluding diaryl/α,β-unsaturated/α-hetero) is 1. The van der Waals surface area contributed by atoms with Crippen molar-refractivity contribution < 1.29 is 34.2 Å². The normalized spacial score (nSPS) is 19.4. The van der Waals surface area contributed by atoms with Crippen LogP contribution in [0.2, 0.25) is 0 Å². The van der Waals surface area contributed by atoms with Crippen molar-refractivity contribution in [2.24, 2.45) is 5.73 Å². The minimum Gasteiger partial charge on any atom is -0.535 e. The van der Waals surface area contributed by atoms with Crippen molar-refractivity contribution in [3.8, 4) is 28.0 Å². The Morgan fingerprint density at radius 1 is 0.720 bits per heavy atom. The molecule has 75 heavy (non-hydrogen) atoms. The molecule has 11 rings (SSSR count). The quantitative estimate of drug-likeness (QED) is 0.0443. The standard InChI is InChI=1S/C23H23N3O2.C16H15N3O2.C11H14BrNO.C4H4BN2O2.CH3Cl.CH4/c27-15-23(26-14-22(28)18-5-2-1-3-6-18)10-9-17-7-4-8-20(21(17)11-23)19-12-24-16-25-13-19;20-15-19-16(9-21-15)5-4-11-2-1-3-13(14(11)6-16)12-7-17-10-18-8-12;12-10-3-1-2-8-4-5-11(13,7-14)6-9(8)10;8-5-9-4-1-6-3-7-2-4;1-2;/h1-8,12-13,16,26-27H,9-11,14-15H2;1-3,7-8,10H,4-6,9H2,(H,19,20);1-3,14H,4-7,13H2;1-3,8H;1H3;1H4. The number of cyclic esters (lactones) is 1. The van der Waals surface area contributed by atoms with Crippen molar-refractivity contribution in [2.45, 2.75) is 81.8 Å². The first kappa shape index (κ1) is 57.8. The van der Waals surface area contributed by atoms with Gasteiger partial charge in [-0.25, -0.2) is 34.7 Å². The molecular weight excluding hydrogens is 1040 g/mol. The van der Waals surface area contributed by atoms with Crippen molar-refractivity contribution in [1.29, 1.82) is 0 Å². The summed E-state index contributed by atoms with van der Waals surface area (Å²) in [7, 11) is 0.582. The van der Waals surface area contributed by atoms with Gasteiger partial charge in [-0.3, -0.25) is 4.79 Å². The number of hydrogen-bond acceptors (Lipinski definition) is 15. The predicted octanol–water partition coefficient (Wildman–Crippen LogP) is 7.45. The molecule has 1 aliphatic heterocycles. The minimum atomic E-state index is -0.511. The van der Waals surface area contributed by atoms with Gasteiger partial charge in [-0.05, 0) is 108 Å². The Labute approximate surface area is 452 Å². The lowest BCUT2D eigenvalue weighted by Gasteiger charge is -2.38. The maximum Gasteiger partial charge on any atom is 0.569 e. The Balaban J connectivity index is 0.000000171. The molecule has 1 fully saturated rings. The van der Waals surface area contributed by atoms with Crippen LogP contribution in [-0.4, -0.2) is 114 Å². The number of ether oxygens (including phenoxy) is 1. The van der Waals surface area contributed by atoms with Gasteiger partial charge in [-0.15, -0.1) is 11.6 Å². The van der Waals surface area contributed by atoms with Crippen molar-refractivity contribution in [3.05, 3.63) is 185 Å². The molecular formula is C56H63BBrClN9O7. The van der Waals surface area contributed by atoms with E-state index in [0.717, 1.165) is 78.1 Å². The van der Waals surface area contributed by atoms with Crippen LogP contribution in [0.15, 0.2) is 146 Å². The van der Waals surface area contributed by atoms with E-state index >= 15 is 0 Å². The maximum atomic E-state index is 12.5. The molecule has 7 N–H and O–H groups in total. The Hall–Kier alpha value is -6.51. The number of aryl methyl sites for hydroxylation is 3. The Bertz CT molecular complexity index is 2930. The van der Waals surface area contributed by atoms with E-state index < -0.39 is 11.1 Å². The van der Waals surface area contributed by atoms with Crippen LogP contribution >= 0.6 is 27.5 Å². The van der Waals surface area contributed by atoms with Crippen LogP contribution in [0.5, 0.6) is 5.75 Å². The molecule has 19 heteroatoms. The van der Waals surface area contributed by atoms with Crippen LogP contribution in [0, 0.1) is 0 Å². The third kappa shape index (κ3) is 15.1. The lowest BCUT2D eigenvalue weighted by molar-refractivity contribution is 0.0942. The Morgan fingerprint density at radius 2 is 1.25 bits per heavy atom. The number of hydrogen-bond donors (Lipinski definition) is 6. The summed E-state index contributed by atoms with van der Waals surface area (Å²) >= 11 is 8.16. The van der Waals surface area contributed by atoms with Crippen LogP contribution in [0.3, 0.4) is 0 Å². The van der Waals surface area contributed by atoms with Gasteiger partial charge in [-0.2, -0.15) is 0 Å². The fraction of sp³-hybridized carbons (Fsp3) is 0.321. The van der Waals surface area contributed by atoms with E-state index in [1.807, 2.05) is 67.3 Å². The van der Waals surface area contributed by atoms with E-state index in [1.54, 1.807) is 0 Å². The zero-order valence-electron chi connectivity index (χ0n) is 41.0. The number of alkyl carbamates (subject to hydrolysis) is 1. The lowest BCUT2D eigenvalue weighted by atomic mass is 9.76. The minimum absolute atomic E-state index is 0. The first-order valence-electron chi connectivity index (χ1n) is 24.1. The van der Waals surface area contributed by atoms with E-state index in [9.17, 15) is 19.8 Å². The summed E-state index contributed by atoms with van der Waals surface area (Å²) in [5, 5.41) is 33.9. The van der Waals surface area contributed by atoms with Gasteiger partial charge >= 0.3 is 13.8 Å². The summed E-state index contributed by atoms with van der Waals surface area (Å²) in [6.07, 6.45) is 23.3. The van der Waals surface area contributed by atoms with Gasteiger partial charge in [0.1, 0.15) is 31.3 Å². The number of nitrogens with one attached hydrogen (secondary N) is 2. The first-order chi connectivity index (χ1) is 36.0. The van der Waals surface area contributed by atoms with Gasteiger partial charge in [-0.1, -0.05) is 102 Å². The molecule has 1 amide bonds.